The zero-order valence-corrected chi connectivity index (χ0v) is 11.2. The summed E-state index contributed by atoms with van der Waals surface area (Å²) in [7, 11) is 0. The molecule has 2 rings (SSSR count). The maximum atomic E-state index is 13.7. The molecule has 0 aromatic heterocycles. The molecule has 0 N–H and O–H groups in total. The predicted molar refractivity (Wildman–Crippen MR) is 71.9 cm³/mol. The molecule has 0 aliphatic heterocycles. The molecule has 0 fully saturated rings. The van der Waals surface area contributed by atoms with Crippen LogP contribution in [0.2, 0.25) is 10.0 Å². The number of rotatable bonds is 3. The Hall–Kier alpha value is -1.25. The Balaban J connectivity index is 2.16. The Labute approximate surface area is 115 Å². The maximum Gasteiger partial charge on any atom is 0.167 e. The zero-order chi connectivity index (χ0) is 13.1. The Morgan fingerprint density at radius 3 is 2.72 bits per heavy atom. The van der Waals surface area contributed by atoms with Gasteiger partial charge in [0.1, 0.15) is 6.61 Å². The summed E-state index contributed by atoms with van der Waals surface area (Å²) < 4.78 is 19.1. The summed E-state index contributed by atoms with van der Waals surface area (Å²) >= 11 is 11.9. The second kappa shape index (κ2) is 5.59. The highest BCUT2D eigenvalue weighted by molar-refractivity contribution is 6.33. The topological polar surface area (TPSA) is 9.23 Å². The summed E-state index contributed by atoms with van der Waals surface area (Å²) in [4.78, 5) is 0. The van der Waals surface area contributed by atoms with Crippen molar-refractivity contribution >= 4 is 23.2 Å². The van der Waals surface area contributed by atoms with Crippen LogP contribution in [0, 0.1) is 12.7 Å². The Morgan fingerprint density at radius 2 is 1.94 bits per heavy atom. The molecule has 1 nitrogen and oxygen atoms in total. The third-order valence-electron chi connectivity index (χ3n) is 2.55. The first-order valence-corrected chi connectivity index (χ1v) is 6.15. The van der Waals surface area contributed by atoms with E-state index in [0.29, 0.717) is 15.6 Å². The number of benzene rings is 2. The second-order valence-corrected chi connectivity index (χ2v) is 4.76. The molecule has 0 radical (unpaired) electrons. The lowest BCUT2D eigenvalue weighted by Gasteiger charge is -2.10. The van der Waals surface area contributed by atoms with Gasteiger partial charge in [0.05, 0.1) is 0 Å². The summed E-state index contributed by atoms with van der Waals surface area (Å²) in [6.07, 6.45) is 0. The molecule has 2 aromatic rings. The van der Waals surface area contributed by atoms with E-state index in [1.165, 1.54) is 0 Å². The molecule has 0 aliphatic carbocycles. The van der Waals surface area contributed by atoms with Gasteiger partial charge in [-0.15, -0.1) is 0 Å². The van der Waals surface area contributed by atoms with Crippen molar-refractivity contribution in [2.24, 2.45) is 0 Å². The van der Waals surface area contributed by atoms with Gasteiger partial charge in [-0.1, -0.05) is 35.3 Å². The highest BCUT2D eigenvalue weighted by Crippen LogP contribution is 2.24. The molecular formula is C14H11Cl2FO. The Kier molecular flexibility index (Phi) is 4.10. The third kappa shape index (κ3) is 2.95. The number of ether oxygens (including phenoxy) is 1. The highest BCUT2D eigenvalue weighted by Gasteiger charge is 2.07. The van der Waals surface area contributed by atoms with Crippen LogP contribution >= 0.6 is 23.2 Å². The average molecular weight is 285 g/mol. The van der Waals surface area contributed by atoms with Gasteiger partial charge < -0.3 is 4.74 Å². The van der Waals surface area contributed by atoms with Crippen LogP contribution < -0.4 is 4.74 Å². The fraction of sp³-hybridized carbons (Fsp3) is 0.143. The van der Waals surface area contributed by atoms with E-state index in [0.717, 1.165) is 5.56 Å². The zero-order valence-electron chi connectivity index (χ0n) is 9.71. The molecule has 0 saturated heterocycles. The van der Waals surface area contributed by atoms with Crippen molar-refractivity contribution in [3.63, 3.8) is 0 Å². The van der Waals surface area contributed by atoms with E-state index >= 15 is 0 Å². The standard InChI is InChI=1S/C14H11Cl2FO/c1-9-3-2-4-13(14(9)17)18-8-10-7-11(15)5-6-12(10)16/h2-7H,8H2,1H3. The van der Waals surface area contributed by atoms with Crippen molar-refractivity contribution in [2.75, 3.05) is 0 Å². The molecule has 0 heterocycles. The minimum absolute atomic E-state index is 0.180. The van der Waals surface area contributed by atoms with Crippen LogP contribution in [0.1, 0.15) is 11.1 Å². The maximum absolute atomic E-state index is 13.7. The first-order chi connectivity index (χ1) is 8.58. The molecule has 94 valence electrons. The predicted octanol–water partition coefficient (Wildman–Crippen LogP) is 5.02. The smallest absolute Gasteiger partial charge is 0.167 e. The van der Waals surface area contributed by atoms with Gasteiger partial charge in [-0.25, -0.2) is 4.39 Å². The number of halogens is 3. The normalized spacial score (nSPS) is 10.4. The van der Waals surface area contributed by atoms with E-state index in [9.17, 15) is 4.39 Å². The van der Waals surface area contributed by atoms with Crippen molar-refractivity contribution in [3.05, 3.63) is 63.4 Å². The molecule has 0 spiro atoms. The van der Waals surface area contributed by atoms with E-state index in [1.54, 1.807) is 43.3 Å². The van der Waals surface area contributed by atoms with Crippen LogP contribution in [0.25, 0.3) is 0 Å². The van der Waals surface area contributed by atoms with Gasteiger partial charge in [0, 0.05) is 15.6 Å². The molecule has 0 aliphatic rings. The average Bonchev–Trinajstić information content (AvgIpc) is 2.35. The Morgan fingerprint density at radius 1 is 1.17 bits per heavy atom. The van der Waals surface area contributed by atoms with Crippen LogP contribution in [0.4, 0.5) is 4.39 Å². The van der Waals surface area contributed by atoms with Crippen molar-refractivity contribution in [2.45, 2.75) is 13.5 Å². The quantitative estimate of drug-likeness (QED) is 0.769. The lowest BCUT2D eigenvalue weighted by Crippen LogP contribution is -1.99. The van der Waals surface area contributed by atoms with Crippen LogP contribution in [0.15, 0.2) is 36.4 Å². The van der Waals surface area contributed by atoms with Gasteiger partial charge in [0.15, 0.2) is 11.6 Å². The minimum Gasteiger partial charge on any atom is -0.486 e. The molecule has 0 atom stereocenters. The molecule has 4 heteroatoms. The minimum atomic E-state index is -0.351. The summed E-state index contributed by atoms with van der Waals surface area (Å²) in [5, 5.41) is 1.12. The number of hydrogen-bond acceptors (Lipinski definition) is 1. The van der Waals surface area contributed by atoms with E-state index < -0.39 is 0 Å². The molecular weight excluding hydrogens is 274 g/mol. The first kappa shape index (κ1) is 13.2. The van der Waals surface area contributed by atoms with Crippen LogP contribution in [-0.2, 0) is 6.61 Å². The van der Waals surface area contributed by atoms with Crippen LogP contribution in [-0.4, -0.2) is 0 Å². The van der Waals surface area contributed by atoms with Crippen molar-refractivity contribution in [3.8, 4) is 5.75 Å². The van der Waals surface area contributed by atoms with Gasteiger partial charge in [-0.05, 0) is 36.8 Å². The van der Waals surface area contributed by atoms with Gasteiger partial charge in [0.2, 0.25) is 0 Å². The summed E-state index contributed by atoms with van der Waals surface area (Å²) in [5.74, 6) is -0.137. The van der Waals surface area contributed by atoms with Crippen molar-refractivity contribution in [1.82, 2.24) is 0 Å². The molecule has 2 aromatic carbocycles. The van der Waals surface area contributed by atoms with Crippen molar-refractivity contribution in [1.29, 1.82) is 0 Å². The fourth-order valence-electron chi connectivity index (χ4n) is 1.54. The number of aryl methyl sites for hydroxylation is 1. The van der Waals surface area contributed by atoms with Gasteiger partial charge >= 0.3 is 0 Å². The number of hydrogen-bond donors (Lipinski definition) is 0. The molecule has 0 bridgehead atoms. The van der Waals surface area contributed by atoms with Gasteiger partial charge in [0.25, 0.3) is 0 Å². The Bertz CT molecular complexity index is 568. The molecule has 18 heavy (non-hydrogen) atoms. The van der Waals surface area contributed by atoms with E-state index in [2.05, 4.69) is 0 Å². The lowest BCUT2D eigenvalue weighted by atomic mass is 10.2. The largest absolute Gasteiger partial charge is 0.486 e. The SMILES string of the molecule is Cc1cccc(OCc2cc(Cl)ccc2Cl)c1F. The van der Waals surface area contributed by atoms with E-state index in [1.807, 2.05) is 0 Å². The molecule has 0 amide bonds. The lowest BCUT2D eigenvalue weighted by molar-refractivity contribution is 0.289. The summed E-state index contributed by atoms with van der Waals surface area (Å²) in [6, 6.07) is 10.1. The fourth-order valence-corrected chi connectivity index (χ4v) is 1.91. The van der Waals surface area contributed by atoms with E-state index in [-0.39, 0.29) is 18.2 Å². The third-order valence-corrected chi connectivity index (χ3v) is 3.15. The summed E-state index contributed by atoms with van der Waals surface area (Å²) in [6.45, 7) is 1.87. The van der Waals surface area contributed by atoms with Gasteiger partial charge in [-0.2, -0.15) is 0 Å². The summed E-state index contributed by atoms with van der Waals surface area (Å²) in [5.41, 5.74) is 1.27. The van der Waals surface area contributed by atoms with Crippen LogP contribution in [0.5, 0.6) is 5.75 Å². The monoisotopic (exact) mass is 284 g/mol. The van der Waals surface area contributed by atoms with Crippen LogP contribution in [0.3, 0.4) is 0 Å². The molecule has 0 unspecified atom stereocenters. The van der Waals surface area contributed by atoms with E-state index in [4.69, 9.17) is 27.9 Å². The highest BCUT2D eigenvalue weighted by atomic mass is 35.5. The first-order valence-electron chi connectivity index (χ1n) is 5.40. The second-order valence-electron chi connectivity index (χ2n) is 3.91. The molecule has 0 saturated carbocycles. The van der Waals surface area contributed by atoms with Crippen molar-refractivity contribution < 1.29 is 9.13 Å². The van der Waals surface area contributed by atoms with Gasteiger partial charge in [-0.3, -0.25) is 0 Å².